The van der Waals surface area contributed by atoms with Crippen molar-refractivity contribution >= 4 is 10.9 Å². The van der Waals surface area contributed by atoms with Crippen LogP contribution in [0.3, 0.4) is 0 Å². The molecule has 0 aliphatic carbocycles. The predicted octanol–water partition coefficient (Wildman–Crippen LogP) is 1.21. The average Bonchev–Trinajstić information content (AvgIpc) is 2.98. The molecule has 3 rings (SSSR count). The summed E-state index contributed by atoms with van der Waals surface area (Å²) in [5, 5.41) is 5.26. The number of rotatable bonds is 3. The SMILES string of the molecule is CN(C)Cc1c[nH]c2cnc(-n3cncn3)cc12. The lowest BCUT2D eigenvalue weighted by atomic mass is 10.2. The Morgan fingerprint density at radius 3 is 3.00 bits per heavy atom. The van der Waals surface area contributed by atoms with Gasteiger partial charge in [0.25, 0.3) is 0 Å². The Kier molecular flexibility index (Phi) is 2.56. The Morgan fingerprint density at radius 2 is 2.28 bits per heavy atom. The Morgan fingerprint density at radius 1 is 1.39 bits per heavy atom. The molecule has 0 fully saturated rings. The van der Waals surface area contributed by atoms with E-state index in [9.17, 15) is 0 Å². The summed E-state index contributed by atoms with van der Waals surface area (Å²) in [5.41, 5.74) is 2.29. The van der Waals surface area contributed by atoms with Crippen molar-refractivity contribution in [1.82, 2.24) is 29.6 Å². The Labute approximate surface area is 104 Å². The minimum absolute atomic E-state index is 0.777. The van der Waals surface area contributed by atoms with Crippen LogP contribution in [0.4, 0.5) is 0 Å². The highest BCUT2D eigenvalue weighted by Crippen LogP contribution is 2.20. The van der Waals surface area contributed by atoms with Crippen molar-refractivity contribution in [2.45, 2.75) is 6.54 Å². The number of nitrogens with one attached hydrogen (secondary N) is 1. The van der Waals surface area contributed by atoms with Gasteiger partial charge in [0.1, 0.15) is 12.7 Å². The Hall–Kier alpha value is -2.21. The van der Waals surface area contributed by atoms with E-state index in [2.05, 4.69) is 39.0 Å². The molecule has 92 valence electrons. The van der Waals surface area contributed by atoms with Crippen molar-refractivity contribution in [1.29, 1.82) is 0 Å². The van der Waals surface area contributed by atoms with Gasteiger partial charge in [-0.25, -0.2) is 14.6 Å². The number of aromatic amines is 1. The van der Waals surface area contributed by atoms with Crippen LogP contribution in [-0.2, 0) is 6.54 Å². The topological polar surface area (TPSA) is 62.6 Å². The maximum Gasteiger partial charge on any atom is 0.155 e. The standard InChI is InChI=1S/C12H14N6/c1-17(2)6-9-4-14-11-5-15-12(3-10(9)11)18-8-13-7-16-18/h3-5,7-8,14H,6H2,1-2H3. The van der Waals surface area contributed by atoms with Crippen molar-refractivity contribution in [3.63, 3.8) is 0 Å². The molecule has 0 saturated heterocycles. The number of hydrogen-bond acceptors (Lipinski definition) is 4. The number of nitrogens with zero attached hydrogens (tertiary/aromatic N) is 5. The zero-order valence-corrected chi connectivity index (χ0v) is 10.3. The molecule has 6 nitrogen and oxygen atoms in total. The van der Waals surface area contributed by atoms with Crippen LogP contribution < -0.4 is 0 Å². The van der Waals surface area contributed by atoms with E-state index in [0.29, 0.717) is 0 Å². The number of pyridine rings is 1. The highest BCUT2D eigenvalue weighted by atomic mass is 15.3. The molecule has 0 saturated carbocycles. The van der Waals surface area contributed by atoms with Crippen LogP contribution in [0.25, 0.3) is 16.7 Å². The molecule has 0 aliphatic heterocycles. The molecule has 0 amide bonds. The van der Waals surface area contributed by atoms with Gasteiger partial charge in [0.05, 0.1) is 11.7 Å². The fraction of sp³-hybridized carbons (Fsp3) is 0.250. The van der Waals surface area contributed by atoms with Gasteiger partial charge in [-0.3, -0.25) is 0 Å². The lowest BCUT2D eigenvalue weighted by molar-refractivity contribution is 0.404. The van der Waals surface area contributed by atoms with Crippen LogP contribution in [0, 0.1) is 0 Å². The number of H-pyrrole nitrogens is 1. The largest absolute Gasteiger partial charge is 0.360 e. The maximum atomic E-state index is 4.36. The average molecular weight is 242 g/mol. The van der Waals surface area contributed by atoms with Crippen LogP contribution in [0.15, 0.2) is 31.1 Å². The highest BCUT2D eigenvalue weighted by Gasteiger charge is 2.07. The van der Waals surface area contributed by atoms with E-state index in [0.717, 1.165) is 17.9 Å². The molecule has 18 heavy (non-hydrogen) atoms. The minimum Gasteiger partial charge on any atom is -0.360 e. The van der Waals surface area contributed by atoms with E-state index < -0.39 is 0 Å². The molecule has 3 aromatic heterocycles. The van der Waals surface area contributed by atoms with Crippen LogP contribution >= 0.6 is 0 Å². The first-order valence-electron chi connectivity index (χ1n) is 5.70. The normalized spacial score (nSPS) is 11.5. The zero-order chi connectivity index (χ0) is 12.5. The quantitative estimate of drug-likeness (QED) is 0.749. The number of aromatic nitrogens is 5. The van der Waals surface area contributed by atoms with Gasteiger partial charge in [-0.2, -0.15) is 5.10 Å². The van der Waals surface area contributed by atoms with Crippen molar-refractivity contribution in [2.24, 2.45) is 0 Å². The molecule has 0 unspecified atom stereocenters. The summed E-state index contributed by atoms with van der Waals surface area (Å²) < 4.78 is 1.66. The van der Waals surface area contributed by atoms with Crippen molar-refractivity contribution in [3.8, 4) is 5.82 Å². The van der Waals surface area contributed by atoms with Gasteiger partial charge in [-0.15, -0.1) is 0 Å². The van der Waals surface area contributed by atoms with E-state index in [1.807, 2.05) is 18.5 Å². The van der Waals surface area contributed by atoms with Gasteiger partial charge >= 0.3 is 0 Å². The van der Waals surface area contributed by atoms with Gasteiger partial charge in [-0.1, -0.05) is 0 Å². The van der Waals surface area contributed by atoms with E-state index in [1.54, 1.807) is 11.0 Å². The molecule has 0 atom stereocenters. The van der Waals surface area contributed by atoms with Gasteiger partial charge in [0, 0.05) is 18.1 Å². The number of hydrogen-bond donors (Lipinski definition) is 1. The lowest BCUT2D eigenvalue weighted by Crippen LogP contribution is -2.10. The summed E-state index contributed by atoms with van der Waals surface area (Å²) >= 11 is 0. The Balaban J connectivity index is 2.09. The molecule has 6 heteroatoms. The van der Waals surface area contributed by atoms with Gasteiger partial charge in [-0.05, 0) is 25.7 Å². The predicted molar refractivity (Wildman–Crippen MR) is 68.4 cm³/mol. The van der Waals surface area contributed by atoms with E-state index in [1.165, 1.54) is 17.3 Å². The second kappa shape index (κ2) is 4.23. The Bertz CT molecular complexity index is 652. The summed E-state index contributed by atoms with van der Waals surface area (Å²) in [6.45, 7) is 0.890. The summed E-state index contributed by atoms with van der Waals surface area (Å²) in [6, 6.07) is 2.03. The van der Waals surface area contributed by atoms with Crippen LogP contribution in [0.1, 0.15) is 5.56 Å². The monoisotopic (exact) mass is 242 g/mol. The summed E-state index contributed by atoms with van der Waals surface area (Å²) in [4.78, 5) is 13.7. The minimum atomic E-state index is 0.777. The fourth-order valence-corrected chi connectivity index (χ4v) is 1.99. The first kappa shape index (κ1) is 10.9. The smallest absolute Gasteiger partial charge is 0.155 e. The summed E-state index contributed by atoms with van der Waals surface area (Å²) in [7, 11) is 4.11. The molecule has 0 aromatic carbocycles. The third-order valence-electron chi connectivity index (χ3n) is 2.78. The van der Waals surface area contributed by atoms with Crippen molar-refractivity contribution < 1.29 is 0 Å². The van der Waals surface area contributed by atoms with E-state index in [-0.39, 0.29) is 0 Å². The fourth-order valence-electron chi connectivity index (χ4n) is 1.99. The zero-order valence-electron chi connectivity index (χ0n) is 10.3. The summed E-state index contributed by atoms with van der Waals surface area (Å²) in [6.07, 6.45) is 7.00. The van der Waals surface area contributed by atoms with Gasteiger partial charge in [0.15, 0.2) is 5.82 Å². The van der Waals surface area contributed by atoms with Gasteiger partial charge in [0.2, 0.25) is 0 Å². The molecular formula is C12H14N6. The highest BCUT2D eigenvalue weighted by molar-refractivity contribution is 5.83. The second-order valence-electron chi connectivity index (χ2n) is 4.48. The summed E-state index contributed by atoms with van der Waals surface area (Å²) in [5.74, 6) is 0.777. The number of fused-ring (bicyclic) bond motifs is 1. The van der Waals surface area contributed by atoms with Crippen LogP contribution in [-0.4, -0.2) is 43.7 Å². The maximum absolute atomic E-state index is 4.36. The third kappa shape index (κ3) is 1.86. The van der Waals surface area contributed by atoms with E-state index in [4.69, 9.17) is 0 Å². The molecule has 0 bridgehead atoms. The first-order valence-corrected chi connectivity index (χ1v) is 5.70. The molecule has 3 heterocycles. The van der Waals surface area contributed by atoms with Crippen LogP contribution in [0.2, 0.25) is 0 Å². The van der Waals surface area contributed by atoms with Crippen LogP contribution in [0.5, 0.6) is 0 Å². The third-order valence-corrected chi connectivity index (χ3v) is 2.78. The molecule has 0 aliphatic rings. The van der Waals surface area contributed by atoms with Gasteiger partial charge < -0.3 is 9.88 Å². The van der Waals surface area contributed by atoms with E-state index >= 15 is 0 Å². The molecule has 3 aromatic rings. The lowest BCUT2D eigenvalue weighted by Gasteiger charge is -2.08. The molecular weight excluding hydrogens is 228 g/mol. The van der Waals surface area contributed by atoms with Crippen molar-refractivity contribution in [3.05, 3.63) is 36.7 Å². The van der Waals surface area contributed by atoms with Crippen molar-refractivity contribution in [2.75, 3.05) is 14.1 Å². The molecule has 0 spiro atoms. The molecule has 1 N–H and O–H groups in total. The first-order chi connectivity index (χ1) is 8.74. The molecule has 0 radical (unpaired) electrons. The second-order valence-corrected chi connectivity index (χ2v) is 4.48.